The molecule has 0 aliphatic heterocycles. The minimum absolute atomic E-state index is 0.860. The highest BCUT2D eigenvalue weighted by Gasteiger charge is 2.14. The molecule has 0 spiro atoms. The minimum Gasteiger partial charge on any atom is -0.124 e. The van der Waals surface area contributed by atoms with Crippen molar-refractivity contribution in [3.63, 3.8) is 0 Å². The summed E-state index contributed by atoms with van der Waals surface area (Å²) in [5, 5.41) is 0. The highest BCUT2D eigenvalue weighted by Crippen LogP contribution is 2.25. The molecule has 0 saturated carbocycles. The van der Waals surface area contributed by atoms with Crippen molar-refractivity contribution < 1.29 is 0 Å². The topological polar surface area (TPSA) is 0 Å². The van der Waals surface area contributed by atoms with E-state index in [0.717, 1.165) is 23.7 Å². The minimum atomic E-state index is 0.860. The third-order valence-corrected chi connectivity index (χ3v) is 3.26. The van der Waals surface area contributed by atoms with E-state index < -0.39 is 0 Å². The normalized spacial score (nSPS) is 14.8. The van der Waals surface area contributed by atoms with E-state index in [9.17, 15) is 0 Å². The third kappa shape index (κ3) is 15.6. The molecule has 3 unspecified atom stereocenters. The molecule has 0 aliphatic rings. The molecule has 0 aliphatic carbocycles. The maximum Gasteiger partial charge on any atom is -0.0415 e. The van der Waals surface area contributed by atoms with Gasteiger partial charge in [0.2, 0.25) is 0 Å². The predicted octanol–water partition coefficient (Wildman–Crippen LogP) is 6.02. The Kier molecular flexibility index (Phi) is 20.0. The van der Waals surface area contributed by atoms with E-state index in [4.69, 9.17) is 0 Å². The summed E-state index contributed by atoms with van der Waals surface area (Å²) in [6.45, 7) is 18.1. The van der Waals surface area contributed by atoms with Crippen molar-refractivity contribution in [2.24, 2.45) is 23.7 Å². The van der Waals surface area contributed by atoms with Crippen molar-refractivity contribution in [1.82, 2.24) is 0 Å². The number of terminal acetylenes is 1. The Balaban J connectivity index is -0.000000439. The number of hydrogen-bond donors (Lipinski definition) is 0. The quantitative estimate of drug-likeness (QED) is 0.498. The number of hydrogen-bond acceptors (Lipinski definition) is 0. The molecular formula is C17H36. The molecule has 17 heavy (non-hydrogen) atoms. The highest BCUT2D eigenvalue weighted by atomic mass is 14.2. The van der Waals surface area contributed by atoms with Gasteiger partial charge in [0.1, 0.15) is 0 Å². The summed E-state index contributed by atoms with van der Waals surface area (Å²) < 4.78 is 0. The maximum atomic E-state index is 4.00. The van der Waals surface area contributed by atoms with Crippen LogP contribution in [0.1, 0.15) is 74.7 Å². The molecular weight excluding hydrogens is 204 g/mol. The molecule has 0 N–H and O–H groups in total. The SMILES string of the molecule is C#C.CC.CCC(C)C(C)CC(C)CC(C)C. The molecule has 0 rings (SSSR count). The van der Waals surface area contributed by atoms with Gasteiger partial charge in [-0.3, -0.25) is 0 Å². The maximum absolute atomic E-state index is 4.00. The van der Waals surface area contributed by atoms with Gasteiger partial charge >= 0.3 is 0 Å². The van der Waals surface area contributed by atoms with Crippen LogP contribution in [0.4, 0.5) is 0 Å². The predicted molar refractivity (Wildman–Crippen MR) is 83.1 cm³/mol. The van der Waals surface area contributed by atoms with Gasteiger partial charge in [-0.05, 0) is 36.5 Å². The average Bonchev–Trinajstić information content (AvgIpc) is 2.32. The van der Waals surface area contributed by atoms with E-state index in [1.54, 1.807) is 0 Å². The zero-order chi connectivity index (χ0) is 14.4. The van der Waals surface area contributed by atoms with E-state index >= 15 is 0 Å². The van der Waals surface area contributed by atoms with Crippen LogP contribution in [0.15, 0.2) is 0 Å². The summed E-state index contributed by atoms with van der Waals surface area (Å²) in [7, 11) is 0. The van der Waals surface area contributed by atoms with E-state index in [1.807, 2.05) is 13.8 Å². The van der Waals surface area contributed by atoms with Crippen molar-refractivity contribution in [2.45, 2.75) is 74.7 Å². The summed E-state index contributed by atoms with van der Waals surface area (Å²) in [6, 6.07) is 0. The van der Waals surface area contributed by atoms with Crippen LogP contribution < -0.4 is 0 Å². The second-order valence-electron chi connectivity index (χ2n) is 5.33. The van der Waals surface area contributed by atoms with Crippen molar-refractivity contribution in [3.05, 3.63) is 0 Å². The van der Waals surface area contributed by atoms with Gasteiger partial charge in [-0.25, -0.2) is 0 Å². The largest absolute Gasteiger partial charge is 0.124 e. The van der Waals surface area contributed by atoms with E-state index in [0.29, 0.717) is 0 Å². The van der Waals surface area contributed by atoms with Crippen LogP contribution in [0.2, 0.25) is 0 Å². The molecule has 0 aromatic carbocycles. The Morgan fingerprint density at radius 1 is 0.765 bits per heavy atom. The lowest BCUT2D eigenvalue weighted by molar-refractivity contribution is 0.283. The van der Waals surface area contributed by atoms with E-state index in [1.165, 1.54) is 19.3 Å². The molecule has 0 saturated heterocycles. The molecule has 0 bridgehead atoms. The van der Waals surface area contributed by atoms with Crippen LogP contribution in [0.25, 0.3) is 0 Å². The Morgan fingerprint density at radius 3 is 1.47 bits per heavy atom. The summed E-state index contributed by atoms with van der Waals surface area (Å²) in [5.41, 5.74) is 0. The lowest BCUT2D eigenvalue weighted by Crippen LogP contribution is -2.12. The number of rotatable bonds is 6. The van der Waals surface area contributed by atoms with Gasteiger partial charge in [-0.2, -0.15) is 0 Å². The van der Waals surface area contributed by atoms with Gasteiger partial charge in [-0.1, -0.05) is 61.8 Å². The molecule has 0 amide bonds. The molecule has 0 fully saturated rings. The van der Waals surface area contributed by atoms with Crippen LogP contribution in [-0.2, 0) is 0 Å². The standard InChI is InChI=1S/C13H28.C2H6.C2H2/c1-7-12(5)13(6)9-11(4)8-10(2)3;2*1-2/h10-13H,7-9H2,1-6H3;1-2H3;1-2H. The molecule has 0 heteroatoms. The van der Waals surface area contributed by atoms with Crippen molar-refractivity contribution in [3.8, 4) is 12.8 Å². The Morgan fingerprint density at radius 2 is 1.18 bits per heavy atom. The average molecular weight is 240 g/mol. The first-order valence-electron chi connectivity index (χ1n) is 7.30. The highest BCUT2D eigenvalue weighted by molar-refractivity contribution is 4.65. The van der Waals surface area contributed by atoms with Crippen LogP contribution in [-0.4, -0.2) is 0 Å². The second-order valence-corrected chi connectivity index (χ2v) is 5.33. The van der Waals surface area contributed by atoms with Crippen LogP contribution in [0, 0.1) is 36.5 Å². The fraction of sp³-hybridized carbons (Fsp3) is 0.882. The van der Waals surface area contributed by atoms with Gasteiger partial charge in [0.15, 0.2) is 0 Å². The second kappa shape index (κ2) is 15.6. The van der Waals surface area contributed by atoms with E-state index in [2.05, 4.69) is 54.4 Å². The Labute approximate surface area is 112 Å². The van der Waals surface area contributed by atoms with Gasteiger partial charge in [0.05, 0.1) is 0 Å². The first kappa shape index (κ1) is 21.8. The lowest BCUT2D eigenvalue weighted by Gasteiger charge is -2.23. The molecule has 3 atom stereocenters. The molecule has 0 nitrogen and oxygen atoms in total. The summed E-state index contributed by atoms with van der Waals surface area (Å²) in [5.74, 6) is 3.57. The summed E-state index contributed by atoms with van der Waals surface area (Å²) >= 11 is 0. The Hall–Kier alpha value is -0.440. The molecule has 0 aromatic rings. The zero-order valence-electron chi connectivity index (χ0n) is 13.6. The van der Waals surface area contributed by atoms with Crippen molar-refractivity contribution >= 4 is 0 Å². The third-order valence-electron chi connectivity index (χ3n) is 3.26. The summed E-state index contributed by atoms with van der Waals surface area (Å²) in [4.78, 5) is 0. The van der Waals surface area contributed by atoms with Gasteiger partial charge < -0.3 is 0 Å². The van der Waals surface area contributed by atoms with Crippen LogP contribution in [0.3, 0.4) is 0 Å². The first-order chi connectivity index (χ1) is 7.97. The van der Waals surface area contributed by atoms with E-state index in [-0.39, 0.29) is 0 Å². The lowest BCUT2D eigenvalue weighted by atomic mass is 9.83. The summed E-state index contributed by atoms with van der Waals surface area (Å²) in [6.07, 6.45) is 12.1. The molecule has 0 aromatic heterocycles. The van der Waals surface area contributed by atoms with Crippen molar-refractivity contribution in [2.75, 3.05) is 0 Å². The molecule has 104 valence electrons. The monoisotopic (exact) mass is 240 g/mol. The molecule has 0 heterocycles. The van der Waals surface area contributed by atoms with Crippen molar-refractivity contribution in [1.29, 1.82) is 0 Å². The van der Waals surface area contributed by atoms with Gasteiger partial charge in [0.25, 0.3) is 0 Å². The van der Waals surface area contributed by atoms with Crippen LogP contribution in [0.5, 0.6) is 0 Å². The fourth-order valence-corrected chi connectivity index (χ4v) is 2.17. The molecule has 0 radical (unpaired) electrons. The fourth-order valence-electron chi connectivity index (χ4n) is 2.17. The first-order valence-corrected chi connectivity index (χ1v) is 7.30. The Bertz CT molecular complexity index is 143. The van der Waals surface area contributed by atoms with Gasteiger partial charge in [0, 0.05) is 0 Å². The van der Waals surface area contributed by atoms with Gasteiger partial charge in [-0.15, -0.1) is 12.8 Å². The smallest absolute Gasteiger partial charge is 0.0415 e. The zero-order valence-corrected chi connectivity index (χ0v) is 13.6. The van der Waals surface area contributed by atoms with Crippen LogP contribution >= 0.6 is 0 Å².